The number of alkyl halides is 1. The second kappa shape index (κ2) is 3.70. The molecule has 0 radical (unpaired) electrons. The predicted octanol–water partition coefficient (Wildman–Crippen LogP) is 2.34. The maximum atomic E-state index is 10.4. The fourth-order valence-corrected chi connectivity index (χ4v) is 1.46. The Bertz CT molecular complexity index is 237. The standard InChI is InChI=1S/C7H6ClOP/c8-5-6-3-1-2-4-7(6)10-9/h1-4H,5H2. The summed E-state index contributed by atoms with van der Waals surface area (Å²) in [5.74, 6) is 0.422. The molecule has 0 saturated heterocycles. The number of benzene rings is 1. The Kier molecular flexibility index (Phi) is 2.85. The maximum Gasteiger partial charge on any atom is 0.192 e. The SMILES string of the molecule is O=Pc1ccccc1CCl. The molecule has 0 atom stereocenters. The van der Waals surface area contributed by atoms with Crippen molar-refractivity contribution in [1.29, 1.82) is 0 Å². The molecule has 1 rings (SSSR count). The van der Waals surface area contributed by atoms with Crippen LogP contribution in [-0.2, 0) is 10.4 Å². The van der Waals surface area contributed by atoms with E-state index in [-0.39, 0.29) is 8.46 Å². The van der Waals surface area contributed by atoms with Crippen molar-refractivity contribution in [2.24, 2.45) is 0 Å². The molecule has 0 N–H and O–H groups in total. The van der Waals surface area contributed by atoms with Gasteiger partial charge in [-0.15, -0.1) is 11.6 Å². The quantitative estimate of drug-likeness (QED) is 0.494. The van der Waals surface area contributed by atoms with E-state index >= 15 is 0 Å². The van der Waals surface area contributed by atoms with E-state index in [0.717, 1.165) is 10.9 Å². The molecular weight excluding hydrogens is 167 g/mol. The van der Waals surface area contributed by atoms with Gasteiger partial charge in [-0.1, -0.05) is 18.2 Å². The van der Waals surface area contributed by atoms with Gasteiger partial charge in [-0.3, -0.25) is 4.57 Å². The number of hydrogen-bond acceptors (Lipinski definition) is 1. The van der Waals surface area contributed by atoms with Crippen LogP contribution in [0.3, 0.4) is 0 Å². The number of halogens is 1. The summed E-state index contributed by atoms with van der Waals surface area (Å²) in [6.07, 6.45) is 0. The number of hydrogen-bond donors (Lipinski definition) is 0. The van der Waals surface area contributed by atoms with Crippen molar-refractivity contribution < 1.29 is 4.57 Å². The zero-order valence-electron chi connectivity index (χ0n) is 5.25. The zero-order valence-corrected chi connectivity index (χ0v) is 6.90. The van der Waals surface area contributed by atoms with Gasteiger partial charge in [0.25, 0.3) is 0 Å². The van der Waals surface area contributed by atoms with Gasteiger partial charge in [-0.2, -0.15) is 0 Å². The van der Waals surface area contributed by atoms with Crippen molar-refractivity contribution in [3.8, 4) is 0 Å². The van der Waals surface area contributed by atoms with Crippen LogP contribution in [0.25, 0.3) is 0 Å². The normalized spacial score (nSPS) is 10.1. The summed E-state index contributed by atoms with van der Waals surface area (Å²) in [4.78, 5) is 0. The van der Waals surface area contributed by atoms with Crippen LogP contribution in [0.15, 0.2) is 24.3 Å². The second-order valence-corrected chi connectivity index (χ2v) is 2.79. The Labute approximate surface area is 66.2 Å². The fraction of sp³-hybridized carbons (Fsp3) is 0.143. The molecule has 10 heavy (non-hydrogen) atoms. The molecule has 0 spiro atoms. The molecule has 0 aliphatic rings. The summed E-state index contributed by atoms with van der Waals surface area (Å²) >= 11 is 5.57. The Morgan fingerprint density at radius 1 is 1.40 bits per heavy atom. The highest BCUT2D eigenvalue weighted by Gasteiger charge is 1.97. The van der Waals surface area contributed by atoms with Crippen molar-refractivity contribution >= 4 is 25.4 Å². The summed E-state index contributed by atoms with van der Waals surface area (Å²) in [5.41, 5.74) is 0.931. The third-order valence-electron chi connectivity index (χ3n) is 1.23. The van der Waals surface area contributed by atoms with E-state index in [1.165, 1.54) is 0 Å². The number of rotatable bonds is 2. The molecule has 1 aromatic carbocycles. The maximum absolute atomic E-state index is 10.4. The molecule has 0 saturated carbocycles. The lowest BCUT2D eigenvalue weighted by molar-refractivity contribution is 0.603. The molecule has 0 unspecified atom stereocenters. The van der Waals surface area contributed by atoms with Crippen LogP contribution >= 0.6 is 20.1 Å². The van der Waals surface area contributed by atoms with Gasteiger partial charge in [0.15, 0.2) is 8.46 Å². The van der Waals surface area contributed by atoms with Gasteiger partial charge in [0.05, 0.1) is 0 Å². The third kappa shape index (κ3) is 1.56. The Hall–Kier alpha value is -0.390. The van der Waals surface area contributed by atoms with Crippen molar-refractivity contribution in [2.45, 2.75) is 5.88 Å². The van der Waals surface area contributed by atoms with E-state index in [9.17, 15) is 4.57 Å². The topological polar surface area (TPSA) is 17.1 Å². The van der Waals surface area contributed by atoms with E-state index in [0.29, 0.717) is 5.88 Å². The average molecular weight is 173 g/mol. The molecule has 0 aromatic heterocycles. The van der Waals surface area contributed by atoms with Gasteiger partial charge in [0, 0.05) is 11.2 Å². The van der Waals surface area contributed by atoms with Crippen molar-refractivity contribution in [1.82, 2.24) is 0 Å². The van der Waals surface area contributed by atoms with Gasteiger partial charge >= 0.3 is 0 Å². The van der Waals surface area contributed by atoms with Gasteiger partial charge < -0.3 is 0 Å². The molecule has 0 aliphatic carbocycles. The largest absolute Gasteiger partial charge is 0.269 e. The second-order valence-electron chi connectivity index (χ2n) is 1.85. The van der Waals surface area contributed by atoms with Crippen LogP contribution in [0.2, 0.25) is 0 Å². The van der Waals surface area contributed by atoms with Crippen molar-refractivity contribution in [3.63, 3.8) is 0 Å². The minimum atomic E-state index is 0.0434. The minimum absolute atomic E-state index is 0.0434. The van der Waals surface area contributed by atoms with Crippen LogP contribution < -0.4 is 5.30 Å². The molecule has 0 aliphatic heterocycles. The molecule has 0 amide bonds. The molecule has 1 nitrogen and oxygen atoms in total. The first-order chi connectivity index (χ1) is 4.88. The van der Waals surface area contributed by atoms with E-state index < -0.39 is 0 Å². The monoisotopic (exact) mass is 172 g/mol. The van der Waals surface area contributed by atoms with Gasteiger partial charge in [0.1, 0.15) is 0 Å². The molecule has 0 bridgehead atoms. The zero-order chi connectivity index (χ0) is 7.40. The molecule has 0 heterocycles. The first-order valence-corrected chi connectivity index (χ1v) is 4.20. The summed E-state index contributed by atoms with van der Waals surface area (Å²) in [6, 6.07) is 7.39. The highest BCUT2D eigenvalue weighted by Crippen LogP contribution is 2.05. The van der Waals surface area contributed by atoms with E-state index in [4.69, 9.17) is 11.6 Å². The van der Waals surface area contributed by atoms with Crippen molar-refractivity contribution in [2.75, 3.05) is 0 Å². The van der Waals surface area contributed by atoms with Crippen LogP contribution in [0, 0.1) is 0 Å². The molecule has 0 fully saturated rings. The predicted molar refractivity (Wildman–Crippen MR) is 43.2 cm³/mol. The van der Waals surface area contributed by atoms with Crippen molar-refractivity contribution in [3.05, 3.63) is 29.8 Å². The first kappa shape index (κ1) is 7.71. The lowest BCUT2D eigenvalue weighted by Gasteiger charge is -1.95. The van der Waals surface area contributed by atoms with Gasteiger partial charge in [-0.25, -0.2) is 0 Å². The summed E-state index contributed by atoms with van der Waals surface area (Å²) < 4.78 is 10.4. The van der Waals surface area contributed by atoms with Crippen LogP contribution in [0.4, 0.5) is 0 Å². The van der Waals surface area contributed by atoms with Crippen LogP contribution in [0.1, 0.15) is 5.56 Å². The summed E-state index contributed by atoms with van der Waals surface area (Å²) in [6.45, 7) is 0. The average Bonchev–Trinajstić information content (AvgIpc) is 2.04. The van der Waals surface area contributed by atoms with E-state index in [1.807, 2.05) is 18.2 Å². The minimum Gasteiger partial charge on any atom is -0.269 e. The van der Waals surface area contributed by atoms with Gasteiger partial charge in [-0.05, 0) is 11.6 Å². The molecule has 3 heteroatoms. The molecule has 1 aromatic rings. The first-order valence-electron chi connectivity index (χ1n) is 2.85. The van der Waals surface area contributed by atoms with Crippen LogP contribution in [-0.4, -0.2) is 0 Å². The Morgan fingerprint density at radius 3 is 2.60 bits per heavy atom. The summed E-state index contributed by atoms with van der Waals surface area (Å²) in [5, 5.41) is 0.775. The van der Waals surface area contributed by atoms with E-state index in [1.54, 1.807) is 6.07 Å². The highest BCUT2D eigenvalue weighted by molar-refractivity contribution is 7.34. The Balaban J connectivity index is 3.08. The smallest absolute Gasteiger partial charge is 0.192 e. The van der Waals surface area contributed by atoms with E-state index in [2.05, 4.69) is 0 Å². The Morgan fingerprint density at radius 2 is 2.10 bits per heavy atom. The van der Waals surface area contributed by atoms with Gasteiger partial charge in [0.2, 0.25) is 0 Å². The lowest BCUT2D eigenvalue weighted by atomic mass is 10.2. The summed E-state index contributed by atoms with van der Waals surface area (Å²) in [7, 11) is 0.0434. The lowest BCUT2D eigenvalue weighted by Crippen LogP contribution is -1.97. The highest BCUT2D eigenvalue weighted by atomic mass is 35.5. The third-order valence-corrected chi connectivity index (χ3v) is 2.15. The fourth-order valence-electron chi connectivity index (χ4n) is 0.713. The molecular formula is C7H6ClOP. The molecule has 52 valence electrons. The van der Waals surface area contributed by atoms with Crippen LogP contribution in [0.5, 0.6) is 0 Å².